The molecule has 0 bridgehead atoms. The lowest BCUT2D eigenvalue weighted by atomic mass is 10.2. The average molecular weight is 416 g/mol. The molecule has 0 spiro atoms. The molecule has 0 unspecified atom stereocenters. The van der Waals surface area contributed by atoms with Crippen LogP contribution in [0.25, 0.3) is 0 Å². The monoisotopic (exact) mass is 415 g/mol. The summed E-state index contributed by atoms with van der Waals surface area (Å²) in [6.45, 7) is 1.62. The van der Waals surface area contributed by atoms with Gasteiger partial charge in [0.1, 0.15) is 17.2 Å². The van der Waals surface area contributed by atoms with E-state index in [1.165, 1.54) is 24.3 Å². The molecule has 0 aliphatic heterocycles. The smallest absolute Gasteiger partial charge is 0.416 e. The van der Waals surface area contributed by atoms with E-state index in [4.69, 9.17) is 16.3 Å². The number of carbonyl (C=O) groups excluding carboxylic acids is 1. The lowest BCUT2D eigenvalue weighted by Gasteiger charge is -2.13. The van der Waals surface area contributed by atoms with Crippen LogP contribution in [0.5, 0.6) is 11.5 Å². The molecule has 2 aromatic carbocycles. The van der Waals surface area contributed by atoms with Gasteiger partial charge in [-0.25, -0.2) is 0 Å². The van der Waals surface area contributed by atoms with Gasteiger partial charge in [-0.2, -0.15) is 13.2 Å². The maximum Gasteiger partial charge on any atom is 0.416 e. The minimum atomic E-state index is -4.56. The summed E-state index contributed by atoms with van der Waals surface area (Å²) < 4.78 is 43.5. The van der Waals surface area contributed by atoms with Gasteiger partial charge in [0, 0.05) is 18.2 Å². The highest BCUT2D eigenvalue weighted by molar-refractivity contribution is 6.32. The Hall–Kier alpha value is -3.27. The number of hydrogen-bond donors (Lipinski definition) is 2. The lowest BCUT2D eigenvalue weighted by Crippen LogP contribution is -2.27. The van der Waals surface area contributed by atoms with Gasteiger partial charge in [-0.1, -0.05) is 17.7 Å². The quantitative estimate of drug-likeness (QED) is 0.390. The van der Waals surface area contributed by atoms with Gasteiger partial charge in [0.2, 0.25) is 0 Å². The summed E-state index contributed by atoms with van der Waals surface area (Å²) in [5.41, 5.74) is 3.24. The van der Waals surface area contributed by atoms with E-state index in [1.807, 2.05) is 0 Å². The summed E-state index contributed by atoms with van der Waals surface area (Å²) in [5.74, 6) is -0.573. The highest BCUT2D eigenvalue weighted by Crippen LogP contribution is 2.37. The number of amides is 1. The van der Waals surface area contributed by atoms with Crippen molar-refractivity contribution >= 4 is 28.9 Å². The van der Waals surface area contributed by atoms with Crippen LogP contribution in [-0.2, 0) is 11.0 Å². The van der Waals surface area contributed by atoms with Crippen LogP contribution < -0.4 is 15.6 Å². The summed E-state index contributed by atoms with van der Waals surface area (Å²) in [7, 11) is 0. The zero-order chi connectivity index (χ0) is 20.9. The van der Waals surface area contributed by atoms with E-state index in [0.29, 0.717) is 6.07 Å². The van der Waals surface area contributed by atoms with Crippen LogP contribution in [0.15, 0.2) is 48.6 Å². The Balaban J connectivity index is 2.28. The molecule has 0 aromatic heterocycles. The van der Waals surface area contributed by atoms with E-state index in [1.54, 1.807) is 6.92 Å². The van der Waals surface area contributed by atoms with Gasteiger partial charge < -0.3 is 4.74 Å². The van der Waals surface area contributed by atoms with Crippen molar-refractivity contribution in [2.24, 2.45) is 0 Å². The number of carbonyl (C=O) groups is 1. The maximum absolute atomic E-state index is 12.7. The number of alkyl halides is 3. The van der Waals surface area contributed by atoms with E-state index in [0.717, 1.165) is 18.2 Å². The van der Waals surface area contributed by atoms with Crippen LogP contribution in [0.3, 0.4) is 0 Å². The van der Waals surface area contributed by atoms with Gasteiger partial charge in [0.25, 0.3) is 11.6 Å². The predicted molar refractivity (Wildman–Crippen MR) is 96.2 cm³/mol. The molecule has 0 saturated carbocycles. The molecular weight excluding hydrogens is 403 g/mol. The number of rotatable bonds is 6. The van der Waals surface area contributed by atoms with Crippen molar-refractivity contribution in [2.75, 3.05) is 5.43 Å². The van der Waals surface area contributed by atoms with Crippen molar-refractivity contribution in [1.29, 1.82) is 0 Å². The van der Waals surface area contributed by atoms with E-state index in [-0.39, 0.29) is 27.9 Å². The number of ether oxygens (including phenoxy) is 1. The van der Waals surface area contributed by atoms with Crippen LogP contribution >= 0.6 is 11.6 Å². The number of anilines is 1. The number of hydrazine groups is 1. The Kier molecular flexibility index (Phi) is 6.47. The number of benzene rings is 2. The molecule has 2 N–H and O–H groups in total. The molecule has 0 aliphatic rings. The molecule has 0 atom stereocenters. The zero-order valence-corrected chi connectivity index (χ0v) is 15.0. The molecule has 0 radical (unpaired) electrons. The first-order valence-corrected chi connectivity index (χ1v) is 8.01. The summed E-state index contributed by atoms with van der Waals surface area (Å²) in [5, 5.41) is 10.8. The van der Waals surface area contributed by atoms with Gasteiger partial charge in [0.05, 0.1) is 15.5 Å². The Morgan fingerprint density at radius 1 is 1.25 bits per heavy atom. The first-order valence-electron chi connectivity index (χ1n) is 7.63. The van der Waals surface area contributed by atoms with Crippen LogP contribution in [0, 0.1) is 10.1 Å². The number of hydrogen-bond acceptors (Lipinski definition) is 5. The Labute approximate surface area is 161 Å². The molecule has 2 rings (SSSR count). The Bertz CT molecular complexity index is 932. The van der Waals surface area contributed by atoms with Gasteiger partial charge in [-0.3, -0.25) is 25.8 Å². The average Bonchev–Trinajstić information content (AvgIpc) is 2.61. The molecule has 0 saturated heterocycles. The summed E-state index contributed by atoms with van der Waals surface area (Å²) in [6, 6.07) is 6.08. The van der Waals surface area contributed by atoms with E-state index in [9.17, 15) is 28.1 Å². The minimum absolute atomic E-state index is 0.0510. The standard InChI is InChI=1S/C17H13ClF3N3O4/c1-2-3-16(25)23-22-13-9-11(5-6-14(13)24(26)27)28-15-7-4-10(8-12(15)18)17(19,20)21/h2-9,22H,1H3,(H,23,25)/b3-2+. The summed E-state index contributed by atoms with van der Waals surface area (Å²) in [6.07, 6.45) is -1.89. The lowest BCUT2D eigenvalue weighted by molar-refractivity contribution is -0.384. The molecule has 1 amide bonds. The second kappa shape index (κ2) is 8.61. The summed E-state index contributed by atoms with van der Waals surface area (Å²) in [4.78, 5) is 21.9. The third-order valence-corrected chi connectivity index (χ3v) is 3.59. The first kappa shape index (κ1) is 21.0. The van der Waals surface area contributed by atoms with Gasteiger partial charge in [-0.05, 0) is 31.2 Å². The van der Waals surface area contributed by atoms with Crippen molar-refractivity contribution < 1.29 is 27.6 Å². The second-order valence-electron chi connectivity index (χ2n) is 5.30. The molecule has 28 heavy (non-hydrogen) atoms. The van der Waals surface area contributed by atoms with Crippen molar-refractivity contribution in [1.82, 2.24) is 5.43 Å². The van der Waals surface area contributed by atoms with Crippen molar-refractivity contribution in [2.45, 2.75) is 13.1 Å². The van der Waals surface area contributed by atoms with Crippen LogP contribution in [0.4, 0.5) is 24.5 Å². The largest absolute Gasteiger partial charge is 0.456 e. The third kappa shape index (κ3) is 5.36. The van der Waals surface area contributed by atoms with E-state index < -0.39 is 22.6 Å². The number of nitrogens with zero attached hydrogens (tertiary/aromatic N) is 1. The fraction of sp³-hybridized carbons (Fsp3) is 0.118. The zero-order valence-electron chi connectivity index (χ0n) is 14.2. The SMILES string of the molecule is C/C=C/C(=O)NNc1cc(Oc2ccc(C(F)(F)F)cc2Cl)ccc1[N+](=O)[O-]. The van der Waals surface area contributed by atoms with Crippen LogP contribution in [-0.4, -0.2) is 10.8 Å². The van der Waals surface area contributed by atoms with Gasteiger partial charge in [0.15, 0.2) is 0 Å². The fourth-order valence-electron chi connectivity index (χ4n) is 2.05. The van der Waals surface area contributed by atoms with Crippen molar-refractivity contribution in [3.63, 3.8) is 0 Å². The number of nitro benzene ring substituents is 1. The van der Waals surface area contributed by atoms with E-state index >= 15 is 0 Å². The topological polar surface area (TPSA) is 93.5 Å². The molecule has 0 aliphatic carbocycles. The predicted octanol–water partition coefficient (Wildman–Crippen LogP) is 5.08. The molecule has 2 aromatic rings. The number of nitro groups is 1. The number of nitrogens with one attached hydrogen (secondary N) is 2. The number of halogens is 4. The Morgan fingerprint density at radius 2 is 1.96 bits per heavy atom. The molecule has 148 valence electrons. The molecule has 11 heteroatoms. The van der Waals surface area contributed by atoms with Gasteiger partial charge >= 0.3 is 6.18 Å². The highest BCUT2D eigenvalue weighted by Gasteiger charge is 2.31. The minimum Gasteiger partial charge on any atom is -0.456 e. The Morgan fingerprint density at radius 3 is 2.54 bits per heavy atom. The maximum atomic E-state index is 12.7. The van der Waals surface area contributed by atoms with Crippen LogP contribution in [0.2, 0.25) is 5.02 Å². The van der Waals surface area contributed by atoms with Crippen molar-refractivity contribution in [3.8, 4) is 11.5 Å². The normalized spacial score (nSPS) is 11.3. The third-order valence-electron chi connectivity index (χ3n) is 3.29. The highest BCUT2D eigenvalue weighted by atomic mass is 35.5. The molecule has 7 nitrogen and oxygen atoms in total. The van der Waals surface area contributed by atoms with Crippen molar-refractivity contribution in [3.05, 3.63) is 69.3 Å². The van der Waals surface area contributed by atoms with E-state index in [2.05, 4.69) is 10.9 Å². The van der Waals surface area contributed by atoms with Crippen LogP contribution in [0.1, 0.15) is 12.5 Å². The molecule has 0 fully saturated rings. The fourth-order valence-corrected chi connectivity index (χ4v) is 2.27. The summed E-state index contributed by atoms with van der Waals surface area (Å²) >= 11 is 5.83. The second-order valence-corrected chi connectivity index (χ2v) is 5.70. The first-order chi connectivity index (χ1) is 13.1. The molecular formula is C17H13ClF3N3O4. The van der Waals surface area contributed by atoms with Gasteiger partial charge in [-0.15, -0.1) is 0 Å². The molecule has 0 heterocycles. The number of allylic oxidation sites excluding steroid dienone is 1.